The molecule has 0 spiro atoms. The van der Waals surface area contributed by atoms with Crippen LogP contribution in [0.4, 0.5) is 0 Å². The molecule has 0 N–H and O–H groups in total. The number of pyridine rings is 1. The zero-order valence-corrected chi connectivity index (χ0v) is 16.4. The summed E-state index contributed by atoms with van der Waals surface area (Å²) in [6, 6.07) is 8.39. The first-order valence-corrected chi connectivity index (χ1v) is 10.2. The van der Waals surface area contributed by atoms with Crippen LogP contribution in [0, 0.1) is 6.92 Å². The normalized spacial score (nSPS) is 16.7. The zero-order chi connectivity index (χ0) is 19.3. The van der Waals surface area contributed by atoms with Crippen molar-refractivity contribution in [2.24, 2.45) is 0 Å². The van der Waals surface area contributed by atoms with Crippen molar-refractivity contribution >= 4 is 38.6 Å². The molecule has 0 atom stereocenters. The summed E-state index contributed by atoms with van der Waals surface area (Å²) in [5.41, 5.74) is 1.21. The summed E-state index contributed by atoms with van der Waals surface area (Å²) in [6.45, 7) is 5.26. The number of sulfone groups is 1. The van der Waals surface area contributed by atoms with E-state index in [-0.39, 0.29) is 10.7 Å². The Morgan fingerprint density at radius 2 is 1.85 bits per heavy atom. The number of ketones is 1. The molecule has 136 valence electrons. The molecule has 0 bridgehead atoms. The van der Waals surface area contributed by atoms with Crippen molar-refractivity contribution in [3.8, 4) is 0 Å². The van der Waals surface area contributed by atoms with E-state index >= 15 is 0 Å². The fraction of sp³-hybridized carbons (Fsp3) is 0.263. The first kappa shape index (κ1) is 18.6. The molecule has 5 nitrogen and oxygen atoms in total. The lowest BCUT2D eigenvalue weighted by Gasteiger charge is -2.17. The highest BCUT2D eigenvalue weighted by Crippen LogP contribution is 2.42. The highest BCUT2D eigenvalue weighted by molar-refractivity contribution is 7.90. The minimum Gasteiger partial charge on any atom is -0.477 e. The number of ether oxygens (including phenoxy) is 1. The summed E-state index contributed by atoms with van der Waals surface area (Å²) in [7, 11) is -3.36. The molecule has 1 aliphatic rings. The van der Waals surface area contributed by atoms with E-state index in [4.69, 9.17) is 16.3 Å². The molecule has 0 saturated heterocycles. The van der Waals surface area contributed by atoms with Crippen LogP contribution in [0.5, 0.6) is 0 Å². The van der Waals surface area contributed by atoms with Crippen LogP contribution in [0.25, 0.3) is 11.3 Å². The van der Waals surface area contributed by atoms with E-state index in [1.165, 1.54) is 18.3 Å². The number of aromatic nitrogens is 1. The van der Waals surface area contributed by atoms with E-state index in [9.17, 15) is 13.2 Å². The summed E-state index contributed by atoms with van der Waals surface area (Å²) in [6.07, 6.45) is 2.37. The van der Waals surface area contributed by atoms with Gasteiger partial charge in [0.05, 0.1) is 10.5 Å². The average Bonchev–Trinajstić information content (AvgIpc) is 2.78. The molecular formula is C19H18ClNO4S. The van der Waals surface area contributed by atoms with Gasteiger partial charge in [0.2, 0.25) is 5.78 Å². The van der Waals surface area contributed by atoms with Crippen molar-refractivity contribution in [3.05, 3.63) is 58.4 Å². The van der Waals surface area contributed by atoms with Crippen LogP contribution in [0.1, 0.15) is 30.7 Å². The fourth-order valence-electron chi connectivity index (χ4n) is 2.74. The summed E-state index contributed by atoms with van der Waals surface area (Å²) in [5.74, 6) is 0.0954. The molecule has 7 heteroatoms. The van der Waals surface area contributed by atoms with Gasteiger partial charge in [0.15, 0.2) is 21.2 Å². The number of benzene rings is 1. The van der Waals surface area contributed by atoms with Gasteiger partial charge in [-0.3, -0.25) is 9.78 Å². The maximum Gasteiger partial charge on any atom is 0.210 e. The van der Waals surface area contributed by atoms with E-state index in [0.29, 0.717) is 27.6 Å². The maximum atomic E-state index is 12.9. The predicted molar refractivity (Wildman–Crippen MR) is 101 cm³/mol. The van der Waals surface area contributed by atoms with Gasteiger partial charge in [-0.2, -0.15) is 0 Å². The van der Waals surface area contributed by atoms with Crippen molar-refractivity contribution in [1.29, 1.82) is 0 Å². The van der Waals surface area contributed by atoms with Gasteiger partial charge >= 0.3 is 0 Å². The predicted octanol–water partition coefficient (Wildman–Crippen LogP) is 3.69. The van der Waals surface area contributed by atoms with Gasteiger partial charge in [0.1, 0.15) is 5.69 Å². The first-order chi connectivity index (χ1) is 12.0. The third kappa shape index (κ3) is 3.27. The molecule has 26 heavy (non-hydrogen) atoms. The minimum atomic E-state index is -3.36. The molecule has 1 aliphatic heterocycles. The van der Waals surface area contributed by atoms with E-state index in [0.717, 1.165) is 11.8 Å². The lowest BCUT2D eigenvalue weighted by atomic mass is 9.92. The van der Waals surface area contributed by atoms with Crippen molar-refractivity contribution in [2.75, 3.05) is 6.26 Å². The molecule has 0 radical (unpaired) electrons. The number of carbonyl (C=O) groups excluding carboxylic acids is 1. The lowest BCUT2D eigenvalue weighted by Crippen LogP contribution is -2.29. The number of rotatable bonds is 3. The number of halogens is 1. The van der Waals surface area contributed by atoms with Crippen LogP contribution >= 0.6 is 11.6 Å². The number of hydrogen-bond donors (Lipinski definition) is 0. The molecule has 0 unspecified atom stereocenters. The van der Waals surface area contributed by atoms with Gasteiger partial charge < -0.3 is 4.74 Å². The lowest BCUT2D eigenvalue weighted by molar-refractivity contribution is -0.125. The second kappa shape index (κ2) is 6.21. The van der Waals surface area contributed by atoms with Gasteiger partial charge in [-0.05, 0) is 44.5 Å². The minimum absolute atomic E-state index is 0.0975. The van der Waals surface area contributed by atoms with Crippen molar-refractivity contribution in [1.82, 2.24) is 4.98 Å². The van der Waals surface area contributed by atoms with Gasteiger partial charge in [0.25, 0.3) is 0 Å². The molecular weight excluding hydrogens is 374 g/mol. The smallest absolute Gasteiger partial charge is 0.210 e. The summed E-state index contributed by atoms with van der Waals surface area (Å²) >= 11 is 6.36. The maximum absolute atomic E-state index is 12.9. The van der Waals surface area contributed by atoms with E-state index in [1.54, 1.807) is 26.0 Å². The monoisotopic (exact) mass is 391 g/mol. The van der Waals surface area contributed by atoms with Gasteiger partial charge in [-0.25, -0.2) is 8.42 Å². The van der Waals surface area contributed by atoms with Crippen molar-refractivity contribution in [3.63, 3.8) is 0 Å². The van der Waals surface area contributed by atoms with Crippen LogP contribution < -0.4 is 0 Å². The Morgan fingerprint density at radius 3 is 2.38 bits per heavy atom. The first-order valence-electron chi connectivity index (χ1n) is 7.92. The van der Waals surface area contributed by atoms with Crippen LogP contribution in [0.2, 0.25) is 5.02 Å². The number of Topliss-reactive ketones (excluding diaryl/α,β-unsaturated/α-hetero) is 1. The molecule has 0 fully saturated rings. The Balaban J connectivity index is 2.20. The molecule has 2 heterocycles. The highest BCUT2D eigenvalue weighted by atomic mass is 35.5. The Labute approximate surface area is 157 Å². The quantitative estimate of drug-likeness (QED) is 0.797. The van der Waals surface area contributed by atoms with E-state index in [1.807, 2.05) is 13.0 Å². The zero-order valence-electron chi connectivity index (χ0n) is 14.8. The average molecular weight is 392 g/mol. The highest BCUT2D eigenvalue weighted by Gasteiger charge is 2.43. The van der Waals surface area contributed by atoms with Crippen molar-refractivity contribution < 1.29 is 17.9 Å². The van der Waals surface area contributed by atoms with Crippen LogP contribution in [-0.2, 0) is 19.4 Å². The third-order valence-corrected chi connectivity index (χ3v) is 5.56. The Kier molecular flexibility index (Phi) is 4.45. The molecule has 0 aliphatic carbocycles. The molecule has 1 aromatic carbocycles. The van der Waals surface area contributed by atoms with Gasteiger partial charge in [-0.15, -0.1) is 0 Å². The van der Waals surface area contributed by atoms with Gasteiger partial charge in [0, 0.05) is 23.0 Å². The number of nitrogens with zero attached hydrogens (tertiary/aromatic N) is 1. The summed E-state index contributed by atoms with van der Waals surface area (Å²) in [5, 5.41) is 0.444. The Morgan fingerprint density at radius 1 is 1.15 bits per heavy atom. The standard InChI is InChI=1S/C19H18ClNO4S/c1-11-5-7-13(14(20)9-11)16-17(25-19(2,3)18(16)22)15-8-6-12(10-21-15)26(4,23)24/h5-10H,1-4H3. The Hall–Kier alpha value is -2.18. The molecule has 0 amide bonds. The number of carbonyl (C=O) groups is 1. The van der Waals surface area contributed by atoms with E-state index in [2.05, 4.69) is 4.98 Å². The fourth-order valence-corrected chi connectivity index (χ4v) is 3.63. The third-order valence-electron chi connectivity index (χ3n) is 4.15. The largest absolute Gasteiger partial charge is 0.477 e. The summed E-state index contributed by atoms with van der Waals surface area (Å²) < 4.78 is 29.1. The molecule has 0 saturated carbocycles. The van der Waals surface area contributed by atoms with Crippen molar-refractivity contribution in [2.45, 2.75) is 31.3 Å². The number of aryl methyl sites for hydroxylation is 1. The molecule has 2 aromatic rings. The van der Waals surface area contributed by atoms with Crippen LogP contribution in [-0.4, -0.2) is 31.0 Å². The second-order valence-corrected chi connectivity index (χ2v) is 9.20. The number of hydrogen-bond acceptors (Lipinski definition) is 5. The summed E-state index contributed by atoms with van der Waals surface area (Å²) in [4.78, 5) is 17.2. The molecule has 1 aromatic heterocycles. The Bertz CT molecular complexity index is 1040. The van der Waals surface area contributed by atoms with Crippen LogP contribution in [0.3, 0.4) is 0 Å². The topological polar surface area (TPSA) is 73.3 Å². The second-order valence-electron chi connectivity index (χ2n) is 6.78. The van der Waals surface area contributed by atoms with Gasteiger partial charge in [-0.1, -0.05) is 23.7 Å². The van der Waals surface area contributed by atoms with E-state index < -0.39 is 15.4 Å². The SMILES string of the molecule is Cc1ccc(C2=C(c3ccc(S(C)(=O)=O)cn3)OC(C)(C)C2=O)c(Cl)c1. The molecule has 3 rings (SSSR count). The van der Waals surface area contributed by atoms with Crippen LogP contribution in [0.15, 0.2) is 41.4 Å².